The van der Waals surface area contributed by atoms with E-state index in [1.165, 1.54) is 0 Å². The molecule has 1 atom stereocenters. The Morgan fingerprint density at radius 1 is 1.65 bits per heavy atom. The number of hydrogen-bond acceptors (Lipinski definition) is 4. The number of methoxy groups -OCH3 is 1. The van der Waals surface area contributed by atoms with E-state index in [0.717, 1.165) is 24.9 Å². The van der Waals surface area contributed by atoms with E-state index in [1.54, 1.807) is 18.2 Å². The van der Waals surface area contributed by atoms with Gasteiger partial charge in [-0.3, -0.25) is 0 Å². The van der Waals surface area contributed by atoms with Crippen molar-refractivity contribution in [2.24, 2.45) is 5.92 Å². The first kappa shape index (κ1) is 14.6. The van der Waals surface area contributed by atoms with Crippen molar-refractivity contribution in [3.8, 4) is 5.88 Å². The summed E-state index contributed by atoms with van der Waals surface area (Å²) in [5, 5.41) is 12.1. The van der Waals surface area contributed by atoms with E-state index in [2.05, 4.69) is 10.3 Å². The van der Waals surface area contributed by atoms with Crippen LogP contribution in [0.5, 0.6) is 5.88 Å². The summed E-state index contributed by atoms with van der Waals surface area (Å²) in [7, 11) is 1.56. The lowest BCUT2D eigenvalue weighted by Crippen LogP contribution is -2.45. The Morgan fingerprint density at radius 2 is 2.50 bits per heavy atom. The number of nitrogens with one attached hydrogen (secondary N) is 1. The first-order valence-electron chi connectivity index (χ1n) is 6.86. The molecular weight excluding hydrogens is 258 g/mol. The first-order chi connectivity index (χ1) is 9.74. The van der Waals surface area contributed by atoms with Gasteiger partial charge in [-0.05, 0) is 24.8 Å². The monoisotopic (exact) mass is 279 g/mol. The number of ether oxygens (including phenoxy) is 1. The molecule has 1 aromatic heterocycles. The Bertz CT molecular complexity index is 453. The summed E-state index contributed by atoms with van der Waals surface area (Å²) in [6.07, 6.45) is 3.58. The van der Waals surface area contributed by atoms with Gasteiger partial charge in [-0.1, -0.05) is 6.07 Å². The third kappa shape index (κ3) is 3.60. The van der Waals surface area contributed by atoms with E-state index in [9.17, 15) is 9.90 Å². The van der Waals surface area contributed by atoms with Gasteiger partial charge >= 0.3 is 6.03 Å². The minimum absolute atomic E-state index is 0.103. The molecule has 2 amide bonds. The predicted molar refractivity (Wildman–Crippen MR) is 74.4 cm³/mol. The highest BCUT2D eigenvalue weighted by molar-refractivity contribution is 5.74. The molecule has 0 aromatic carbocycles. The number of nitrogens with zero attached hydrogens (tertiary/aromatic N) is 2. The van der Waals surface area contributed by atoms with E-state index < -0.39 is 0 Å². The van der Waals surface area contributed by atoms with Gasteiger partial charge in [0.2, 0.25) is 5.88 Å². The van der Waals surface area contributed by atoms with E-state index in [0.29, 0.717) is 19.0 Å². The zero-order valence-electron chi connectivity index (χ0n) is 11.7. The van der Waals surface area contributed by atoms with Crippen LogP contribution in [0.3, 0.4) is 0 Å². The van der Waals surface area contributed by atoms with E-state index in [1.807, 2.05) is 12.1 Å². The maximum absolute atomic E-state index is 12.1. The van der Waals surface area contributed by atoms with Gasteiger partial charge in [-0.25, -0.2) is 9.78 Å². The summed E-state index contributed by atoms with van der Waals surface area (Å²) in [4.78, 5) is 18.0. The van der Waals surface area contributed by atoms with Crippen molar-refractivity contribution >= 4 is 6.03 Å². The lowest BCUT2D eigenvalue weighted by atomic mass is 9.99. The molecule has 1 aromatic rings. The Kier molecular flexibility index (Phi) is 5.17. The second kappa shape index (κ2) is 7.09. The molecule has 0 spiro atoms. The first-order valence-corrected chi connectivity index (χ1v) is 6.86. The highest BCUT2D eigenvalue weighted by Crippen LogP contribution is 2.16. The van der Waals surface area contributed by atoms with Crippen LogP contribution in [0.25, 0.3) is 0 Å². The molecule has 6 heteroatoms. The molecule has 2 N–H and O–H groups in total. The van der Waals surface area contributed by atoms with Crippen LogP contribution in [0.4, 0.5) is 4.79 Å². The van der Waals surface area contributed by atoms with Crippen LogP contribution in [-0.2, 0) is 6.54 Å². The molecule has 0 saturated carbocycles. The third-order valence-corrected chi connectivity index (χ3v) is 3.54. The summed E-state index contributed by atoms with van der Waals surface area (Å²) in [5.41, 5.74) is 0.846. The summed E-state index contributed by atoms with van der Waals surface area (Å²) < 4.78 is 5.15. The molecular formula is C14H21N3O3. The number of aromatic nitrogens is 1. The predicted octanol–water partition coefficient (Wildman–Crippen LogP) is 1.00. The van der Waals surface area contributed by atoms with Gasteiger partial charge in [0.15, 0.2) is 0 Å². The minimum atomic E-state index is -0.103. The number of hydrogen-bond donors (Lipinski definition) is 2. The van der Waals surface area contributed by atoms with Gasteiger partial charge in [-0.2, -0.15) is 0 Å². The van der Waals surface area contributed by atoms with Crippen LogP contribution in [0, 0.1) is 5.92 Å². The van der Waals surface area contributed by atoms with Crippen LogP contribution >= 0.6 is 0 Å². The van der Waals surface area contributed by atoms with Crippen molar-refractivity contribution in [3.05, 3.63) is 23.9 Å². The van der Waals surface area contributed by atoms with Gasteiger partial charge in [0, 0.05) is 38.0 Å². The smallest absolute Gasteiger partial charge is 0.317 e. The van der Waals surface area contributed by atoms with Gasteiger partial charge in [0.05, 0.1) is 7.11 Å². The number of likely N-dealkylation sites (tertiary alicyclic amines) is 1. The fraction of sp³-hybridized carbons (Fsp3) is 0.571. The number of piperidine rings is 1. The molecule has 0 aliphatic carbocycles. The number of carbonyl (C=O) groups is 1. The molecule has 0 bridgehead atoms. The van der Waals surface area contributed by atoms with E-state index in [-0.39, 0.29) is 18.6 Å². The third-order valence-electron chi connectivity index (χ3n) is 3.54. The molecule has 1 unspecified atom stereocenters. The maximum atomic E-state index is 12.1. The van der Waals surface area contributed by atoms with Crippen molar-refractivity contribution < 1.29 is 14.6 Å². The number of rotatable bonds is 4. The summed E-state index contributed by atoms with van der Waals surface area (Å²) >= 11 is 0. The van der Waals surface area contributed by atoms with Crippen molar-refractivity contribution in [1.29, 1.82) is 0 Å². The Morgan fingerprint density at radius 3 is 3.25 bits per heavy atom. The summed E-state index contributed by atoms with van der Waals surface area (Å²) in [5.74, 6) is 0.724. The van der Waals surface area contributed by atoms with Gasteiger partial charge < -0.3 is 20.1 Å². The largest absolute Gasteiger partial charge is 0.481 e. The number of carbonyl (C=O) groups excluding carboxylic acids is 1. The lowest BCUT2D eigenvalue weighted by Gasteiger charge is -2.31. The second-order valence-corrected chi connectivity index (χ2v) is 4.97. The zero-order valence-corrected chi connectivity index (χ0v) is 11.7. The van der Waals surface area contributed by atoms with Crippen LogP contribution in [0.2, 0.25) is 0 Å². The highest BCUT2D eigenvalue weighted by atomic mass is 16.5. The van der Waals surface area contributed by atoms with E-state index in [4.69, 9.17) is 4.74 Å². The maximum Gasteiger partial charge on any atom is 0.317 e. The molecule has 2 heterocycles. The van der Waals surface area contributed by atoms with Crippen molar-refractivity contribution in [2.75, 3.05) is 26.8 Å². The normalized spacial score (nSPS) is 18.7. The molecule has 1 aliphatic heterocycles. The fourth-order valence-electron chi connectivity index (χ4n) is 2.42. The van der Waals surface area contributed by atoms with Crippen LogP contribution < -0.4 is 10.1 Å². The summed E-state index contributed by atoms with van der Waals surface area (Å²) in [6.45, 7) is 1.88. The molecule has 2 rings (SSSR count). The highest BCUT2D eigenvalue weighted by Gasteiger charge is 2.22. The summed E-state index contributed by atoms with van der Waals surface area (Å²) in [6, 6.07) is 3.58. The molecule has 1 fully saturated rings. The SMILES string of the molecule is COc1ncccc1CNC(=O)N1CCCC(CO)C1. The van der Waals surface area contributed by atoms with Crippen molar-refractivity contribution in [1.82, 2.24) is 15.2 Å². The number of aliphatic hydroxyl groups is 1. The second-order valence-electron chi connectivity index (χ2n) is 4.97. The molecule has 6 nitrogen and oxygen atoms in total. The molecule has 0 radical (unpaired) electrons. The minimum Gasteiger partial charge on any atom is -0.481 e. The van der Waals surface area contributed by atoms with Crippen LogP contribution in [0.15, 0.2) is 18.3 Å². The van der Waals surface area contributed by atoms with Crippen molar-refractivity contribution in [2.45, 2.75) is 19.4 Å². The molecule has 1 aliphatic rings. The molecule has 110 valence electrons. The van der Waals surface area contributed by atoms with Gasteiger partial charge in [0.25, 0.3) is 0 Å². The topological polar surface area (TPSA) is 74.7 Å². The average molecular weight is 279 g/mol. The molecule has 1 saturated heterocycles. The fourth-order valence-corrected chi connectivity index (χ4v) is 2.42. The molecule has 20 heavy (non-hydrogen) atoms. The Labute approximate surface area is 118 Å². The Hall–Kier alpha value is -1.82. The Balaban J connectivity index is 1.88. The van der Waals surface area contributed by atoms with Gasteiger partial charge in [-0.15, -0.1) is 0 Å². The van der Waals surface area contributed by atoms with Crippen molar-refractivity contribution in [3.63, 3.8) is 0 Å². The van der Waals surface area contributed by atoms with E-state index >= 15 is 0 Å². The average Bonchev–Trinajstić information content (AvgIpc) is 2.52. The number of amides is 2. The zero-order chi connectivity index (χ0) is 14.4. The van der Waals surface area contributed by atoms with Gasteiger partial charge in [0.1, 0.15) is 0 Å². The number of pyridine rings is 1. The van der Waals surface area contributed by atoms with Crippen LogP contribution in [0.1, 0.15) is 18.4 Å². The number of aliphatic hydroxyl groups excluding tert-OH is 1. The standard InChI is InChI=1S/C14H21N3O3/c1-20-13-12(5-2-6-15-13)8-16-14(19)17-7-3-4-11(9-17)10-18/h2,5-6,11,18H,3-4,7-10H2,1H3,(H,16,19). The number of urea groups is 1. The quantitative estimate of drug-likeness (QED) is 0.862. The van der Waals surface area contributed by atoms with Crippen LogP contribution in [-0.4, -0.2) is 47.8 Å². The lowest BCUT2D eigenvalue weighted by molar-refractivity contribution is 0.129.